The molecule has 1 fully saturated rings. The number of likely N-dealkylation sites (tertiary alicyclic amines) is 1. The van der Waals surface area contributed by atoms with Crippen molar-refractivity contribution in [3.63, 3.8) is 0 Å². The van der Waals surface area contributed by atoms with Gasteiger partial charge in [0.2, 0.25) is 0 Å². The summed E-state index contributed by atoms with van der Waals surface area (Å²) in [7, 11) is 0. The molecule has 0 saturated carbocycles. The Morgan fingerprint density at radius 3 is 2.73 bits per heavy atom. The van der Waals surface area contributed by atoms with Gasteiger partial charge in [-0.2, -0.15) is 0 Å². The third kappa shape index (κ3) is 5.15. The van der Waals surface area contributed by atoms with E-state index in [-0.39, 0.29) is 30.5 Å². The molecular formula is C16H28IN3O2. The van der Waals surface area contributed by atoms with E-state index in [1.807, 2.05) is 0 Å². The maximum Gasteiger partial charge on any atom is 0.194 e. The first-order valence-electron chi connectivity index (χ1n) is 7.82. The monoisotopic (exact) mass is 421 g/mol. The molecule has 0 amide bonds. The molecule has 1 aromatic heterocycles. The molecular weight excluding hydrogens is 393 g/mol. The van der Waals surface area contributed by atoms with Gasteiger partial charge in [-0.1, -0.05) is 6.92 Å². The molecule has 2 heterocycles. The molecule has 0 aromatic carbocycles. The van der Waals surface area contributed by atoms with Gasteiger partial charge in [0, 0.05) is 19.6 Å². The zero-order chi connectivity index (χ0) is 15.3. The van der Waals surface area contributed by atoms with Crippen LogP contribution in [0, 0.1) is 5.92 Å². The molecule has 1 saturated heterocycles. The van der Waals surface area contributed by atoms with Crippen molar-refractivity contribution in [2.24, 2.45) is 10.9 Å². The maximum atomic E-state index is 10.5. The summed E-state index contributed by atoms with van der Waals surface area (Å²) in [6, 6.07) is 3.57. The molecule has 1 aromatic rings. The summed E-state index contributed by atoms with van der Waals surface area (Å²) < 4.78 is 5.30. The molecule has 126 valence electrons. The fraction of sp³-hybridized carbons (Fsp3) is 0.688. The van der Waals surface area contributed by atoms with Crippen molar-refractivity contribution in [2.45, 2.75) is 39.2 Å². The van der Waals surface area contributed by atoms with Crippen LogP contribution in [0.4, 0.5) is 0 Å². The minimum absolute atomic E-state index is 0. The number of nitrogens with zero attached hydrogens (tertiary/aromatic N) is 2. The van der Waals surface area contributed by atoms with E-state index in [4.69, 9.17) is 4.42 Å². The van der Waals surface area contributed by atoms with Gasteiger partial charge in [0.15, 0.2) is 5.96 Å². The van der Waals surface area contributed by atoms with Gasteiger partial charge in [-0.3, -0.25) is 0 Å². The number of nitrogens with one attached hydrogen (secondary N) is 1. The molecule has 6 heteroatoms. The van der Waals surface area contributed by atoms with Gasteiger partial charge in [0.25, 0.3) is 0 Å². The summed E-state index contributed by atoms with van der Waals surface area (Å²) in [5.41, 5.74) is -1.08. The number of piperidine rings is 1. The standard InChI is InChI=1S/C16H27N3O2.HI/c1-4-17-15(19-9-7-13(2)8-10-19)18-12-16(3,20)14-6-5-11-21-14;/h5-6,11,13,20H,4,7-10,12H2,1-3H3,(H,17,18);1H. The van der Waals surface area contributed by atoms with Crippen molar-refractivity contribution >= 4 is 29.9 Å². The third-order valence-corrected chi connectivity index (χ3v) is 4.01. The van der Waals surface area contributed by atoms with Gasteiger partial charge in [-0.25, -0.2) is 4.99 Å². The van der Waals surface area contributed by atoms with Crippen molar-refractivity contribution in [3.05, 3.63) is 24.2 Å². The van der Waals surface area contributed by atoms with Crippen molar-refractivity contribution in [1.82, 2.24) is 10.2 Å². The van der Waals surface area contributed by atoms with E-state index in [0.717, 1.165) is 31.5 Å². The number of halogens is 1. The first-order valence-corrected chi connectivity index (χ1v) is 7.82. The highest BCUT2D eigenvalue weighted by Gasteiger charge is 2.27. The molecule has 0 bridgehead atoms. The highest BCUT2D eigenvalue weighted by molar-refractivity contribution is 14.0. The average Bonchev–Trinajstić information content (AvgIpc) is 2.99. The van der Waals surface area contributed by atoms with E-state index in [1.165, 1.54) is 12.8 Å². The lowest BCUT2D eigenvalue weighted by Gasteiger charge is -2.33. The molecule has 22 heavy (non-hydrogen) atoms. The van der Waals surface area contributed by atoms with Crippen LogP contribution in [0.3, 0.4) is 0 Å². The molecule has 1 atom stereocenters. The Morgan fingerprint density at radius 1 is 1.50 bits per heavy atom. The second-order valence-corrected chi connectivity index (χ2v) is 6.09. The Bertz CT molecular complexity index is 452. The number of hydrogen-bond acceptors (Lipinski definition) is 3. The van der Waals surface area contributed by atoms with Crippen LogP contribution in [0.1, 0.15) is 39.4 Å². The van der Waals surface area contributed by atoms with Crippen LogP contribution < -0.4 is 5.32 Å². The molecule has 5 nitrogen and oxygen atoms in total. The van der Waals surface area contributed by atoms with E-state index in [0.29, 0.717) is 5.76 Å². The largest absolute Gasteiger partial charge is 0.466 e. The number of aliphatic imine (C=N–C) groups is 1. The van der Waals surface area contributed by atoms with E-state index in [9.17, 15) is 5.11 Å². The molecule has 1 unspecified atom stereocenters. The van der Waals surface area contributed by atoms with E-state index in [2.05, 4.69) is 29.1 Å². The number of rotatable bonds is 4. The predicted molar refractivity (Wildman–Crippen MR) is 99.6 cm³/mol. The summed E-state index contributed by atoms with van der Waals surface area (Å²) in [5.74, 6) is 2.22. The Morgan fingerprint density at radius 2 is 2.18 bits per heavy atom. The lowest BCUT2D eigenvalue weighted by atomic mass is 9.99. The van der Waals surface area contributed by atoms with Crippen molar-refractivity contribution in [3.8, 4) is 0 Å². The zero-order valence-corrected chi connectivity index (χ0v) is 16.0. The highest BCUT2D eigenvalue weighted by atomic mass is 127. The Hall–Kier alpha value is -0.760. The summed E-state index contributed by atoms with van der Waals surface area (Å²) in [4.78, 5) is 6.89. The number of aliphatic hydroxyl groups is 1. The van der Waals surface area contributed by atoms with Crippen LogP contribution in [0.5, 0.6) is 0 Å². The Balaban J connectivity index is 0.00000242. The van der Waals surface area contributed by atoms with Gasteiger partial charge in [-0.05, 0) is 44.7 Å². The Kier molecular flexibility index (Phi) is 7.68. The van der Waals surface area contributed by atoms with Crippen LogP contribution in [-0.2, 0) is 5.60 Å². The molecule has 0 spiro atoms. The second-order valence-electron chi connectivity index (χ2n) is 6.09. The zero-order valence-electron chi connectivity index (χ0n) is 13.7. The second kappa shape index (κ2) is 8.76. The minimum Gasteiger partial charge on any atom is -0.466 e. The number of hydrogen-bond donors (Lipinski definition) is 2. The van der Waals surface area contributed by atoms with Crippen LogP contribution in [-0.4, -0.2) is 42.1 Å². The molecule has 2 rings (SSSR count). The van der Waals surface area contributed by atoms with Gasteiger partial charge >= 0.3 is 0 Å². The van der Waals surface area contributed by atoms with Crippen LogP contribution in [0.15, 0.2) is 27.8 Å². The van der Waals surface area contributed by atoms with Crippen molar-refractivity contribution in [2.75, 3.05) is 26.2 Å². The predicted octanol–water partition coefficient (Wildman–Crippen LogP) is 2.80. The van der Waals surface area contributed by atoms with Crippen LogP contribution in [0.25, 0.3) is 0 Å². The molecule has 1 aliphatic heterocycles. The fourth-order valence-corrected chi connectivity index (χ4v) is 2.54. The summed E-state index contributed by atoms with van der Waals surface area (Å²) in [5, 5.41) is 13.8. The van der Waals surface area contributed by atoms with Gasteiger partial charge in [-0.15, -0.1) is 24.0 Å². The van der Waals surface area contributed by atoms with E-state index >= 15 is 0 Å². The first kappa shape index (κ1) is 19.3. The third-order valence-electron chi connectivity index (χ3n) is 4.01. The average molecular weight is 421 g/mol. The van der Waals surface area contributed by atoms with Gasteiger partial charge in [0.1, 0.15) is 11.4 Å². The quantitative estimate of drug-likeness (QED) is 0.446. The van der Waals surface area contributed by atoms with E-state index < -0.39 is 5.60 Å². The lowest BCUT2D eigenvalue weighted by molar-refractivity contribution is 0.0434. The summed E-state index contributed by atoms with van der Waals surface area (Å²) in [6.07, 6.45) is 3.96. The molecule has 0 aliphatic carbocycles. The van der Waals surface area contributed by atoms with Gasteiger partial charge < -0.3 is 19.7 Å². The van der Waals surface area contributed by atoms with Gasteiger partial charge in [0.05, 0.1) is 12.8 Å². The number of guanidine groups is 1. The smallest absolute Gasteiger partial charge is 0.194 e. The van der Waals surface area contributed by atoms with Crippen LogP contribution >= 0.6 is 24.0 Å². The molecule has 0 radical (unpaired) electrons. The topological polar surface area (TPSA) is 61.0 Å². The summed E-state index contributed by atoms with van der Waals surface area (Å²) >= 11 is 0. The lowest BCUT2D eigenvalue weighted by Crippen LogP contribution is -2.46. The maximum absolute atomic E-state index is 10.5. The molecule has 2 N–H and O–H groups in total. The molecule has 1 aliphatic rings. The minimum atomic E-state index is -1.08. The normalized spacial score (nSPS) is 19.5. The first-order chi connectivity index (χ1) is 10.0. The van der Waals surface area contributed by atoms with Crippen LogP contribution in [0.2, 0.25) is 0 Å². The SMILES string of the molecule is CCNC(=NCC(C)(O)c1ccco1)N1CCC(C)CC1.I. The van der Waals surface area contributed by atoms with Crippen molar-refractivity contribution < 1.29 is 9.52 Å². The fourth-order valence-electron chi connectivity index (χ4n) is 2.54. The highest BCUT2D eigenvalue weighted by Crippen LogP contribution is 2.22. The number of furan rings is 1. The Labute approximate surface area is 150 Å². The van der Waals surface area contributed by atoms with Crippen molar-refractivity contribution in [1.29, 1.82) is 0 Å². The van der Waals surface area contributed by atoms with E-state index in [1.54, 1.807) is 25.3 Å². The summed E-state index contributed by atoms with van der Waals surface area (Å²) in [6.45, 7) is 9.25.